The maximum atomic E-state index is 14.3. The summed E-state index contributed by atoms with van der Waals surface area (Å²) in [6.45, 7) is 7.89. The lowest BCUT2D eigenvalue weighted by Crippen LogP contribution is -2.39. The molecule has 1 aliphatic rings. The van der Waals surface area contributed by atoms with E-state index in [1.807, 2.05) is 97.4 Å². The fourth-order valence-electron chi connectivity index (χ4n) is 5.33. The summed E-state index contributed by atoms with van der Waals surface area (Å²) >= 11 is 2.91. The fourth-order valence-corrected chi connectivity index (χ4v) is 6.77. The van der Waals surface area contributed by atoms with Crippen molar-refractivity contribution in [1.29, 1.82) is 0 Å². The van der Waals surface area contributed by atoms with Gasteiger partial charge in [-0.1, -0.05) is 54.3 Å². The maximum absolute atomic E-state index is 14.3. The maximum Gasteiger partial charge on any atom is 0.338 e. The molecule has 1 aliphatic heterocycles. The highest BCUT2D eigenvalue weighted by Crippen LogP contribution is 2.32. The molecule has 5 aromatic rings. The molecular weight excluding hydrogens is 617 g/mol. The van der Waals surface area contributed by atoms with Crippen LogP contribution in [0.25, 0.3) is 23.0 Å². The van der Waals surface area contributed by atoms with Gasteiger partial charge in [0.05, 0.1) is 34.1 Å². The van der Waals surface area contributed by atoms with Crippen LogP contribution in [0.3, 0.4) is 0 Å². The number of allylic oxidation sites excluding steroid dienone is 1. The van der Waals surface area contributed by atoms with Crippen LogP contribution in [0.2, 0.25) is 0 Å². The van der Waals surface area contributed by atoms with Gasteiger partial charge < -0.3 is 9.47 Å². The van der Waals surface area contributed by atoms with Crippen LogP contribution in [0.15, 0.2) is 124 Å². The Bertz CT molecular complexity index is 2110. The number of hydrogen-bond acceptors (Lipinski definition) is 8. The van der Waals surface area contributed by atoms with Crippen molar-refractivity contribution in [3.8, 4) is 22.7 Å². The van der Waals surface area contributed by atoms with Crippen molar-refractivity contribution >= 4 is 35.1 Å². The molecule has 0 radical (unpaired) electrons. The molecule has 1 unspecified atom stereocenters. The van der Waals surface area contributed by atoms with Crippen molar-refractivity contribution in [2.24, 2.45) is 4.99 Å². The van der Waals surface area contributed by atoms with Crippen LogP contribution in [-0.4, -0.2) is 39.8 Å². The number of para-hydroxylation sites is 1. The molecule has 232 valence electrons. The largest absolute Gasteiger partial charge is 0.490 e. The Morgan fingerprint density at radius 3 is 2.48 bits per heavy atom. The Balaban J connectivity index is 1.52. The Kier molecular flexibility index (Phi) is 9.18. The number of thiazole rings is 1. The van der Waals surface area contributed by atoms with E-state index in [4.69, 9.17) is 19.6 Å². The lowest BCUT2D eigenvalue weighted by atomic mass is 9.96. The van der Waals surface area contributed by atoms with Crippen molar-refractivity contribution in [3.63, 3.8) is 0 Å². The number of carbonyl (C=O) groups excluding carboxylic acids is 1. The van der Waals surface area contributed by atoms with Gasteiger partial charge in [-0.05, 0) is 80.3 Å². The number of hydrogen-bond donors (Lipinski definition) is 0. The van der Waals surface area contributed by atoms with E-state index in [0.717, 1.165) is 33.0 Å². The molecule has 0 amide bonds. The molecule has 0 aliphatic carbocycles. The average molecular weight is 649 g/mol. The molecule has 2 aromatic heterocycles. The van der Waals surface area contributed by atoms with Gasteiger partial charge in [0.2, 0.25) is 0 Å². The van der Waals surface area contributed by atoms with Crippen LogP contribution in [0.5, 0.6) is 5.75 Å². The fraction of sp³-hybridized carbons (Fsp3) is 0.167. The Morgan fingerprint density at radius 2 is 1.80 bits per heavy atom. The Morgan fingerprint density at radius 1 is 1.07 bits per heavy atom. The van der Waals surface area contributed by atoms with Gasteiger partial charge in [0.15, 0.2) is 4.80 Å². The van der Waals surface area contributed by atoms with Gasteiger partial charge >= 0.3 is 5.97 Å². The summed E-state index contributed by atoms with van der Waals surface area (Å²) in [4.78, 5) is 33.9. The second-order valence-corrected chi connectivity index (χ2v) is 12.3. The summed E-state index contributed by atoms with van der Waals surface area (Å²) in [5, 5.41) is 4.93. The summed E-state index contributed by atoms with van der Waals surface area (Å²) in [5.74, 6) is 0.239. The molecule has 0 spiro atoms. The number of carbonyl (C=O) groups is 1. The number of aromatic nitrogens is 3. The number of esters is 1. The van der Waals surface area contributed by atoms with Crippen molar-refractivity contribution in [2.45, 2.75) is 24.8 Å². The zero-order valence-electron chi connectivity index (χ0n) is 25.7. The monoisotopic (exact) mass is 648 g/mol. The molecule has 0 saturated carbocycles. The van der Waals surface area contributed by atoms with E-state index in [0.29, 0.717) is 32.9 Å². The first-order chi connectivity index (χ1) is 22.4. The lowest BCUT2D eigenvalue weighted by molar-refractivity contribution is -0.139. The number of rotatable bonds is 10. The van der Waals surface area contributed by atoms with E-state index in [1.165, 1.54) is 11.3 Å². The molecular formula is C36H32N4O4S2. The van der Waals surface area contributed by atoms with Gasteiger partial charge in [-0.25, -0.2) is 14.5 Å². The molecule has 1 atom stereocenters. The Hall–Kier alpha value is -4.93. The SMILES string of the molecule is C=CCOc1ccc(-c2nn(-c3ccccc3)cc2C=c2sc3n(c2=O)C(c2ccc(SC)cc2)C(C(=O)OCC)=C(C)N=3)cc1. The number of ether oxygens (including phenoxy) is 2. The van der Waals surface area contributed by atoms with E-state index in [1.54, 1.807) is 40.9 Å². The first-order valence-electron chi connectivity index (χ1n) is 14.7. The van der Waals surface area contributed by atoms with Crippen LogP contribution in [0.4, 0.5) is 0 Å². The second kappa shape index (κ2) is 13.6. The van der Waals surface area contributed by atoms with E-state index < -0.39 is 12.0 Å². The first kappa shape index (κ1) is 31.1. The molecule has 0 saturated heterocycles. The van der Waals surface area contributed by atoms with Crippen molar-refractivity contribution < 1.29 is 14.3 Å². The highest BCUT2D eigenvalue weighted by Gasteiger charge is 2.33. The van der Waals surface area contributed by atoms with Crippen molar-refractivity contribution in [1.82, 2.24) is 14.3 Å². The summed E-state index contributed by atoms with van der Waals surface area (Å²) in [6, 6.07) is 24.7. The first-order valence-corrected chi connectivity index (χ1v) is 16.8. The van der Waals surface area contributed by atoms with E-state index >= 15 is 0 Å². The van der Waals surface area contributed by atoms with E-state index in [2.05, 4.69) is 6.58 Å². The van der Waals surface area contributed by atoms with E-state index in [-0.39, 0.29) is 12.2 Å². The third-order valence-electron chi connectivity index (χ3n) is 7.49. The van der Waals surface area contributed by atoms with Crippen LogP contribution in [-0.2, 0) is 9.53 Å². The highest BCUT2D eigenvalue weighted by atomic mass is 32.2. The van der Waals surface area contributed by atoms with Gasteiger partial charge in [0.1, 0.15) is 18.1 Å². The molecule has 6 rings (SSSR count). The normalized spacial score (nSPS) is 14.5. The standard InChI is InChI=1S/C36H32N4O4S2/c1-5-20-44-28-16-12-24(13-17-28)32-26(22-39(38-32)27-10-8-7-9-11-27)21-30-34(41)40-33(25-14-18-29(45-4)19-15-25)31(35(42)43-6-2)23(3)37-36(40)46-30/h5,7-19,21-22,33H,1,6,20H2,2-4H3. The zero-order chi connectivity index (χ0) is 32.2. The molecule has 8 nitrogen and oxygen atoms in total. The molecule has 3 heterocycles. The van der Waals surface area contributed by atoms with E-state index in [9.17, 15) is 9.59 Å². The van der Waals surface area contributed by atoms with Crippen LogP contribution >= 0.6 is 23.1 Å². The van der Waals surface area contributed by atoms with Gasteiger partial charge in [-0.2, -0.15) is 5.10 Å². The highest BCUT2D eigenvalue weighted by molar-refractivity contribution is 7.98. The molecule has 46 heavy (non-hydrogen) atoms. The quantitative estimate of drug-likeness (QED) is 0.106. The minimum Gasteiger partial charge on any atom is -0.490 e. The van der Waals surface area contributed by atoms with Gasteiger partial charge in [0, 0.05) is 22.2 Å². The number of thioether (sulfide) groups is 1. The topological polar surface area (TPSA) is 87.7 Å². The van der Waals surface area contributed by atoms with Crippen LogP contribution < -0.4 is 19.6 Å². The second-order valence-electron chi connectivity index (χ2n) is 10.4. The molecule has 0 N–H and O–H groups in total. The number of fused-ring (bicyclic) bond motifs is 1. The van der Waals surface area contributed by atoms with Crippen molar-refractivity contribution in [2.75, 3.05) is 19.5 Å². The minimum atomic E-state index is -0.678. The van der Waals surface area contributed by atoms with Gasteiger partial charge in [-0.15, -0.1) is 11.8 Å². The predicted octanol–water partition coefficient (Wildman–Crippen LogP) is 5.94. The third-order valence-corrected chi connectivity index (χ3v) is 9.22. The van der Waals surface area contributed by atoms with Crippen molar-refractivity contribution in [3.05, 3.63) is 140 Å². The predicted molar refractivity (Wildman–Crippen MR) is 183 cm³/mol. The van der Waals surface area contributed by atoms with Crippen LogP contribution in [0.1, 0.15) is 31.0 Å². The van der Waals surface area contributed by atoms with Gasteiger partial charge in [-0.3, -0.25) is 9.36 Å². The summed E-state index contributed by atoms with van der Waals surface area (Å²) in [7, 11) is 0. The molecule has 0 fully saturated rings. The van der Waals surface area contributed by atoms with Gasteiger partial charge in [0.25, 0.3) is 5.56 Å². The Labute approximate surface area is 274 Å². The number of nitrogens with zero attached hydrogens (tertiary/aromatic N) is 4. The zero-order valence-corrected chi connectivity index (χ0v) is 27.3. The number of benzene rings is 3. The smallest absolute Gasteiger partial charge is 0.338 e. The van der Waals surface area contributed by atoms with Crippen LogP contribution in [0, 0.1) is 0 Å². The molecule has 3 aromatic carbocycles. The minimum absolute atomic E-state index is 0.216. The lowest BCUT2D eigenvalue weighted by Gasteiger charge is -2.24. The average Bonchev–Trinajstić information content (AvgIpc) is 3.64. The summed E-state index contributed by atoms with van der Waals surface area (Å²) in [6.07, 6.45) is 7.47. The summed E-state index contributed by atoms with van der Waals surface area (Å²) in [5.41, 5.74) is 4.66. The molecule has 0 bridgehead atoms. The summed E-state index contributed by atoms with van der Waals surface area (Å²) < 4.78 is 15.0. The third kappa shape index (κ3) is 6.14. The molecule has 10 heteroatoms.